The standard InChI is InChI=1S/C13H20N2O3S/c1-13(2,3)15-19(17,18)11-7-4-10(5-8-11)6-9-12(14)16/h4-5,7-8,15H,6,9H2,1-3H3,(H2,14,16). The predicted molar refractivity (Wildman–Crippen MR) is 74.0 cm³/mol. The number of aryl methyl sites for hydroxylation is 1. The molecule has 0 aromatic heterocycles. The summed E-state index contributed by atoms with van der Waals surface area (Å²) in [5, 5.41) is 0. The number of amides is 1. The molecule has 0 saturated carbocycles. The van der Waals surface area contributed by atoms with E-state index in [0.717, 1.165) is 5.56 Å². The Hall–Kier alpha value is -1.40. The van der Waals surface area contributed by atoms with Gasteiger partial charge in [-0.2, -0.15) is 0 Å². The van der Waals surface area contributed by atoms with Crippen molar-refractivity contribution < 1.29 is 13.2 Å². The first kappa shape index (κ1) is 15.7. The first-order valence-electron chi connectivity index (χ1n) is 6.01. The highest BCUT2D eigenvalue weighted by Crippen LogP contribution is 2.14. The van der Waals surface area contributed by atoms with Crippen molar-refractivity contribution in [1.29, 1.82) is 0 Å². The van der Waals surface area contributed by atoms with Crippen LogP contribution >= 0.6 is 0 Å². The molecule has 0 unspecified atom stereocenters. The summed E-state index contributed by atoms with van der Waals surface area (Å²) < 4.78 is 26.7. The lowest BCUT2D eigenvalue weighted by molar-refractivity contribution is -0.117. The second kappa shape index (κ2) is 5.71. The number of sulfonamides is 1. The molecule has 6 heteroatoms. The van der Waals surface area contributed by atoms with Crippen LogP contribution in [0.25, 0.3) is 0 Å². The van der Waals surface area contributed by atoms with Crippen molar-refractivity contribution in [3.05, 3.63) is 29.8 Å². The lowest BCUT2D eigenvalue weighted by Gasteiger charge is -2.20. The normalized spacial score (nSPS) is 12.4. The topological polar surface area (TPSA) is 89.3 Å². The summed E-state index contributed by atoms with van der Waals surface area (Å²) in [5.41, 5.74) is 5.42. The minimum Gasteiger partial charge on any atom is -0.370 e. The molecule has 0 atom stereocenters. The molecule has 19 heavy (non-hydrogen) atoms. The molecule has 1 aromatic carbocycles. The van der Waals surface area contributed by atoms with Crippen LogP contribution in [0.2, 0.25) is 0 Å². The van der Waals surface area contributed by atoms with Gasteiger partial charge in [0.25, 0.3) is 0 Å². The minimum atomic E-state index is -3.51. The molecule has 1 amide bonds. The van der Waals surface area contributed by atoms with Gasteiger partial charge in [-0.05, 0) is 44.9 Å². The highest BCUT2D eigenvalue weighted by Gasteiger charge is 2.21. The number of carbonyl (C=O) groups excluding carboxylic acids is 1. The maximum Gasteiger partial charge on any atom is 0.241 e. The lowest BCUT2D eigenvalue weighted by Crippen LogP contribution is -2.40. The van der Waals surface area contributed by atoms with E-state index in [4.69, 9.17) is 5.73 Å². The summed E-state index contributed by atoms with van der Waals surface area (Å²) >= 11 is 0. The van der Waals surface area contributed by atoms with Crippen LogP contribution in [0.4, 0.5) is 0 Å². The molecule has 0 saturated heterocycles. The fourth-order valence-corrected chi connectivity index (χ4v) is 2.98. The highest BCUT2D eigenvalue weighted by atomic mass is 32.2. The predicted octanol–water partition coefficient (Wildman–Crippen LogP) is 1.18. The van der Waals surface area contributed by atoms with Gasteiger partial charge >= 0.3 is 0 Å². The molecule has 0 aliphatic heterocycles. The van der Waals surface area contributed by atoms with Gasteiger partial charge in [-0.25, -0.2) is 13.1 Å². The van der Waals surface area contributed by atoms with Crippen LogP contribution in [-0.4, -0.2) is 19.9 Å². The zero-order valence-electron chi connectivity index (χ0n) is 11.4. The maximum atomic E-state index is 12.0. The van der Waals surface area contributed by atoms with Crippen LogP contribution < -0.4 is 10.5 Å². The molecule has 1 rings (SSSR count). The van der Waals surface area contributed by atoms with Gasteiger partial charge in [0.1, 0.15) is 0 Å². The van der Waals surface area contributed by atoms with Crippen LogP contribution in [-0.2, 0) is 21.2 Å². The van der Waals surface area contributed by atoms with Gasteiger partial charge in [0, 0.05) is 12.0 Å². The first-order valence-corrected chi connectivity index (χ1v) is 7.50. The number of hydrogen-bond acceptors (Lipinski definition) is 3. The quantitative estimate of drug-likeness (QED) is 0.851. The summed E-state index contributed by atoms with van der Waals surface area (Å²) in [6.07, 6.45) is 0.773. The molecular weight excluding hydrogens is 264 g/mol. The molecule has 0 radical (unpaired) electrons. The van der Waals surface area contributed by atoms with Crippen molar-refractivity contribution in [2.75, 3.05) is 0 Å². The number of carbonyl (C=O) groups is 1. The van der Waals surface area contributed by atoms with E-state index >= 15 is 0 Å². The summed E-state index contributed by atoms with van der Waals surface area (Å²) in [6.45, 7) is 5.35. The Labute approximate surface area is 114 Å². The molecule has 0 bridgehead atoms. The Balaban J connectivity index is 2.84. The van der Waals surface area contributed by atoms with Gasteiger partial charge in [-0.3, -0.25) is 4.79 Å². The minimum absolute atomic E-state index is 0.213. The third-order valence-electron chi connectivity index (χ3n) is 2.33. The van der Waals surface area contributed by atoms with Gasteiger partial charge < -0.3 is 5.73 Å². The number of benzene rings is 1. The molecule has 1 aromatic rings. The number of nitrogens with two attached hydrogens (primary N) is 1. The van der Waals surface area contributed by atoms with E-state index in [9.17, 15) is 13.2 Å². The van der Waals surface area contributed by atoms with Crippen molar-refractivity contribution in [3.63, 3.8) is 0 Å². The lowest BCUT2D eigenvalue weighted by atomic mass is 10.1. The highest BCUT2D eigenvalue weighted by molar-refractivity contribution is 7.89. The third kappa shape index (κ3) is 5.40. The summed E-state index contributed by atoms with van der Waals surface area (Å²) in [4.78, 5) is 10.9. The maximum absolute atomic E-state index is 12.0. The molecular formula is C13H20N2O3S. The second-order valence-electron chi connectivity index (χ2n) is 5.47. The van der Waals surface area contributed by atoms with Crippen LogP contribution in [0.3, 0.4) is 0 Å². The SMILES string of the molecule is CC(C)(C)NS(=O)(=O)c1ccc(CCC(N)=O)cc1. The van der Waals surface area contributed by atoms with E-state index < -0.39 is 15.6 Å². The van der Waals surface area contributed by atoms with Crippen molar-refractivity contribution in [2.45, 2.75) is 44.0 Å². The van der Waals surface area contributed by atoms with Crippen molar-refractivity contribution >= 4 is 15.9 Å². The van der Waals surface area contributed by atoms with Gasteiger partial charge in [0.2, 0.25) is 15.9 Å². The molecule has 106 valence electrons. The van der Waals surface area contributed by atoms with Crippen LogP contribution in [0.15, 0.2) is 29.2 Å². The number of rotatable bonds is 5. The van der Waals surface area contributed by atoms with E-state index in [-0.39, 0.29) is 17.2 Å². The molecule has 0 fully saturated rings. The fourth-order valence-electron chi connectivity index (χ4n) is 1.56. The van der Waals surface area contributed by atoms with Crippen molar-refractivity contribution in [3.8, 4) is 0 Å². The molecule has 0 spiro atoms. The zero-order chi connectivity index (χ0) is 14.7. The monoisotopic (exact) mass is 284 g/mol. The van der Waals surface area contributed by atoms with Crippen LogP contribution in [0.1, 0.15) is 32.8 Å². The van der Waals surface area contributed by atoms with E-state index in [1.807, 2.05) is 0 Å². The van der Waals surface area contributed by atoms with Crippen LogP contribution in [0, 0.1) is 0 Å². The smallest absolute Gasteiger partial charge is 0.241 e. The van der Waals surface area contributed by atoms with Crippen molar-refractivity contribution in [1.82, 2.24) is 4.72 Å². The Morgan fingerprint density at radius 2 is 1.74 bits per heavy atom. The average Bonchev–Trinajstić information content (AvgIpc) is 2.23. The Morgan fingerprint density at radius 1 is 1.21 bits per heavy atom. The van der Waals surface area contributed by atoms with E-state index in [0.29, 0.717) is 6.42 Å². The number of primary amides is 1. The van der Waals surface area contributed by atoms with Gasteiger partial charge in [-0.15, -0.1) is 0 Å². The second-order valence-corrected chi connectivity index (χ2v) is 7.15. The summed E-state index contributed by atoms with van der Waals surface area (Å²) in [5.74, 6) is -0.369. The van der Waals surface area contributed by atoms with E-state index in [2.05, 4.69) is 4.72 Å². The van der Waals surface area contributed by atoms with Crippen LogP contribution in [0.5, 0.6) is 0 Å². The van der Waals surface area contributed by atoms with Gasteiger partial charge in [0.05, 0.1) is 4.90 Å². The molecule has 5 nitrogen and oxygen atoms in total. The Morgan fingerprint density at radius 3 is 2.16 bits per heavy atom. The zero-order valence-corrected chi connectivity index (χ0v) is 12.3. The molecule has 3 N–H and O–H groups in total. The first-order chi connectivity index (χ1) is 8.60. The van der Waals surface area contributed by atoms with E-state index in [1.165, 1.54) is 12.1 Å². The summed E-state index contributed by atoms with van der Waals surface area (Å²) in [6, 6.07) is 6.45. The molecule has 0 heterocycles. The van der Waals surface area contributed by atoms with E-state index in [1.54, 1.807) is 32.9 Å². The number of hydrogen-bond donors (Lipinski definition) is 2. The third-order valence-corrected chi connectivity index (χ3v) is 4.11. The average molecular weight is 284 g/mol. The number of nitrogens with one attached hydrogen (secondary N) is 1. The Kier molecular flexibility index (Phi) is 4.70. The van der Waals surface area contributed by atoms with Crippen molar-refractivity contribution in [2.24, 2.45) is 5.73 Å². The molecule has 0 aliphatic rings. The summed E-state index contributed by atoms with van der Waals surface area (Å²) in [7, 11) is -3.51. The Bertz CT molecular complexity index is 542. The van der Waals surface area contributed by atoms with Gasteiger partial charge in [0.15, 0.2) is 0 Å². The molecule has 0 aliphatic carbocycles. The largest absolute Gasteiger partial charge is 0.370 e. The van der Waals surface area contributed by atoms with Gasteiger partial charge in [-0.1, -0.05) is 12.1 Å². The fraction of sp³-hybridized carbons (Fsp3) is 0.462.